The van der Waals surface area contributed by atoms with Gasteiger partial charge in [0, 0.05) is 13.1 Å². The van der Waals surface area contributed by atoms with Crippen LogP contribution >= 0.6 is 0 Å². The fraction of sp³-hybridized carbons (Fsp3) is 0.308. The number of carbonyl (C=O) groups excluding carboxylic acids is 2. The third-order valence-corrected chi connectivity index (χ3v) is 1.98. The molecule has 0 rings (SSSR count). The number of ether oxygens (including phenoxy) is 2. The molecule has 6 nitrogen and oxygen atoms in total. The van der Waals surface area contributed by atoms with Gasteiger partial charge < -0.3 is 14.4 Å². The molecule has 0 radical (unpaired) electrons. The normalized spacial score (nSPS) is 10.7. The predicted molar refractivity (Wildman–Crippen MR) is 68.6 cm³/mol. The molecule has 6 heteroatoms. The molecule has 0 aromatic carbocycles. The predicted octanol–water partition coefficient (Wildman–Crippen LogP) is 0.784. The molecule has 0 aliphatic carbocycles. The van der Waals surface area contributed by atoms with Crippen molar-refractivity contribution >= 4 is 11.9 Å². The zero-order valence-corrected chi connectivity index (χ0v) is 11.0. The molecule has 0 spiro atoms. The van der Waals surface area contributed by atoms with E-state index in [1.54, 1.807) is 24.2 Å². The summed E-state index contributed by atoms with van der Waals surface area (Å²) < 4.78 is 9.21. The first-order valence-corrected chi connectivity index (χ1v) is 5.41. The summed E-state index contributed by atoms with van der Waals surface area (Å²) in [4.78, 5) is 23.6. The zero-order chi connectivity index (χ0) is 14.7. The lowest BCUT2D eigenvalue weighted by atomic mass is 10.3. The summed E-state index contributed by atoms with van der Waals surface area (Å²) in [7, 11) is 2.97. The molecule has 0 aliphatic rings. The van der Waals surface area contributed by atoms with Crippen LogP contribution in [0.2, 0.25) is 0 Å². The molecule has 0 N–H and O–H groups in total. The number of methoxy groups -OCH3 is 1. The van der Waals surface area contributed by atoms with E-state index in [2.05, 4.69) is 11.3 Å². The van der Waals surface area contributed by atoms with Gasteiger partial charge in [-0.1, -0.05) is 6.58 Å². The number of carbonyl (C=O) groups is 2. The number of esters is 2. The molecule has 19 heavy (non-hydrogen) atoms. The molecule has 0 aromatic rings. The van der Waals surface area contributed by atoms with E-state index < -0.39 is 11.9 Å². The van der Waals surface area contributed by atoms with E-state index in [4.69, 9.17) is 10.00 Å². The lowest BCUT2D eigenvalue weighted by Crippen LogP contribution is -2.18. The lowest BCUT2D eigenvalue weighted by molar-refractivity contribution is -0.138. The highest BCUT2D eigenvalue weighted by molar-refractivity contribution is 5.92. The summed E-state index contributed by atoms with van der Waals surface area (Å²) in [6.45, 7) is 3.97. The summed E-state index contributed by atoms with van der Waals surface area (Å²) in [5.41, 5.74) is -0.0924. The molecule has 0 aromatic heterocycles. The second-order valence-corrected chi connectivity index (χ2v) is 3.38. The first kappa shape index (κ1) is 16.4. The summed E-state index contributed by atoms with van der Waals surface area (Å²) >= 11 is 0. The van der Waals surface area contributed by atoms with Gasteiger partial charge in [0.1, 0.15) is 18.2 Å². The standard InChI is InChI=1S/C13H16N2O4/c1-4-12(16)19-9-8-15(2)7-5-6-11(10-14)13(17)18-3/h4-7H,1,8-9H2,2-3H3/b7-5+,11-6+. The van der Waals surface area contributed by atoms with Crippen LogP contribution < -0.4 is 0 Å². The zero-order valence-electron chi connectivity index (χ0n) is 11.0. The number of nitriles is 1. The van der Waals surface area contributed by atoms with Gasteiger partial charge >= 0.3 is 11.9 Å². The van der Waals surface area contributed by atoms with Crippen molar-refractivity contribution in [2.24, 2.45) is 0 Å². The van der Waals surface area contributed by atoms with Crippen molar-refractivity contribution in [1.29, 1.82) is 5.26 Å². The first-order chi connectivity index (χ1) is 9.04. The molecule has 0 bridgehead atoms. The highest BCUT2D eigenvalue weighted by Gasteiger charge is 2.06. The Kier molecular flexibility index (Phi) is 8.21. The second kappa shape index (κ2) is 9.48. The van der Waals surface area contributed by atoms with E-state index in [1.807, 2.05) is 0 Å². The van der Waals surface area contributed by atoms with Crippen LogP contribution in [-0.4, -0.2) is 44.1 Å². The Morgan fingerprint density at radius 2 is 2.16 bits per heavy atom. The van der Waals surface area contributed by atoms with Gasteiger partial charge in [0.05, 0.1) is 13.7 Å². The van der Waals surface area contributed by atoms with Crippen LogP contribution in [0.5, 0.6) is 0 Å². The lowest BCUT2D eigenvalue weighted by Gasteiger charge is -2.12. The number of likely N-dealkylation sites (N-methyl/N-ethyl adjacent to an activating group) is 1. The van der Waals surface area contributed by atoms with Crippen molar-refractivity contribution in [1.82, 2.24) is 4.90 Å². The Balaban J connectivity index is 4.21. The maximum absolute atomic E-state index is 11.1. The number of hydrogen-bond acceptors (Lipinski definition) is 6. The topological polar surface area (TPSA) is 79.6 Å². The van der Waals surface area contributed by atoms with Crippen molar-refractivity contribution in [3.63, 3.8) is 0 Å². The summed E-state index contributed by atoms with van der Waals surface area (Å²) in [5.74, 6) is -1.16. The minimum Gasteiger partial charge on any atom is -0.465 e. The Bertz CT molecular complexity index is 432. The summed E-state index contributed by atoms with van der Waals surface area (Å²) in [6, 6.07) is 1.73. The van der Waals surface area contributed by atoms with Gasteiger partial charge in [-0.2, -0.15) is 5.26 Å². The molecule has 0 atom stereocenters. The molecular formula is C13H16N2O4. The highest BCUT2D eigenvalue weighted by Crippen LogP contribution is 1.96. The molecule has 0 fully saturated rings. The van der Waals surface area contributed by atoms with E-state index in [9.17, 15) is 9.59 Å². The average Bonchev–Trinajstić information content (AvgIpc) is 2.42. The van der Waals surface area contributed by atoms with Crippen molar-refractivity contribution in [2.45, 2.75) is 0 Å². The van der Waals surface area contributed by atoms with Crippen molar-refractivity contribution in [3.8, 4) is 6.07 Å². The number of hydrogen-bond donors (Lipinski definition) is 0. The first-order valence-electron chi connectivity index (χ1n) is 5.41. The van der Waals surface area contributed by atoms with Gasteiger partial charge in [-0.25, -0.2) is 9.59 Å². The maximum atomic E-state index is 11.1. The van der Waals surface area contributed by atoms with Crippen molar-refractivity contribution in [2.75, 3.05) is 27.3 Å². The Morgan fingerprint density at radius 3 is 2.68 bits per heavy atom. The van der Waals surface area contributed by atoms with Crippen LogP contribution in [0, 0.1) is 11.3 Å². The second-order valence-electron chi connectivity index (χ2n) is 3.38. The molecule has 0 unspecified atom stereocenters. The fourth-order valence-corrected chi connectivity index (χ4v) is 0.971. The van der Waals surface area contributed by atoms with Gasteiger partial charge in [-0.05, 0) is 18.4 Å². The van der Waals surface area contributed by atoms with Gasteiger partial charge in [-0.15, -0.1) is 0 Å². The highest BCUT2D eigenvalue weighted by atomic mass is 16.5. The van der Waals surface area contributed by atoms with E-state index in [0.717, 1.165) is 6.08 Å². The van der Waals surface area contributed by atoms with Crippen LogP contribution in [0.25, 0.3) is 0 Å². The Labute approximate surface area is 112 Å². The van der Waals surface area contributed by atoms with Crippen molar-refractivity contribution in [3.05, 3.63) is 36.6 Å². The quantitative estimate of drug-likeness (QED) is 0.293. The molecule has 0 saturated heterocycles. The largest absolute Gasteiger partial charge is 0.465 e. The average molecular weight is 264 g/mol. The van der Waals surface area contributed by atoms with Crippen molar-refractivity contribution < 1.29 is 19.1 Å². The number of rotatable bonds is 7. The van der Waals surface area contributed by atoms with Gasteiger partial charge in [0.15, 0.2) is 0 Å². The van der Waals surface area contributed by atoms with E-state index in [1.165, 1.54) is 19.3 Å². The van der Waals surface area contributed by atoms with Crippen LogP contribution in [0.1, 0.15) is 0 Å². The van der Waals surface area contributed by atoms with Gasteiger partial charge in [0.2, 0.25) is 0 Å². The molecule has 0 amide bonds. The van der Waals surface area contributed by atoms with Gasteiger partial charge in [-0.3, -0.25) is 0 Å². The Morgan fingerprint density at radius 1 is 1.47 bits per heavy atom. The number of nitrogens with zero attached hydrogens (tertiary/aromatic N) is 2. The summed E-state index contributed by atoms with van der Waals surface area (Å²) in [6.07, 6.45) is 5.61. The summed E-state index contributed by atoms with van der Waals surface area (Å²) in [5, 5.41) is 8.69. The monoisotopic (exact) mass is 264 g/mol. The third-order valence-electron chi connectivity index (χ3n) is 1.98. The van der Waals surface area contributed by atoms with Crippen LogP contribution in [-0.2, 0) is 19.1 Å². The van der Waals surface area contributed by atoms with Crippen LogP contribution in [0.3, 0.4) is 0 Å². The van der Waals surface area contributed by atoms with E-state index in [-0.39, 0.29) is 12.2 Å². The third kappa shape index (κ3) is 7.39. The molecule has 0 heterocycles. The Hall–Kier alpha value is -2.55. The molecular weight excluding hydrogens is 248 g/mol. The molecule has 0 saturated carbocycles. The SMILES string of the molecule is C=CC(=O)OCCN(C)/C=C/C=C(\C#N)C(=O)OC. The van der Waals surface area contributed by atoms with Crippen LogP contribution in [0.4, 0.5) is 0 Å². The van der Waals surface area contributed by atoms with E-state index in [0.29, 0.717) is 6.54 Å². The molecule has 0 aliphatic heterocycles. The van der Waals surface area contributed by atoms with E-state index >= 15 is 0 Å². The minimum absolute atomic E-state index is 0.0924. The smallest absolute Gasteiger partial charge is 0.348 e. The minimum atomic E-state index is -0.685. The molecule has 102 valence electrons. The number of allylic oxidation sites excluding steroid dienone is 2. The fourth-order valence-electron chi connectivity index (χ4n) is 0.971. The maximum Gasteiger partial charge on any atom is 0.348 e. The van der Waals surface area contributed by atoms with Gasteiger partial charge in [0.25, 0.3) is 0 Å². The van der Waals surface area contributed by atoms with Crippen LogP contribution in [0.15, 0.2) is 36.6 Å².